The molecule has 1 heterocycles. The molecule has 2 aromatic carbocycles. The number of halogens is 1. The minimum Gasteiger partial charge on any atom is -0.378 e. The van der Waals surface area contributed by atoms with Gasteiger partial charge in [-0.15, -0.1) is 0 Å². The predicted octanol–water partition coefficient (Wildman–Crippen LogP) is 4.28. The van der Waals surface area contributed by atoms with E-state index in [4.69, 9.17) is 0 Å². The average Bonchev–Trinajstić information content (AvgIpc) is 2.62. The zero-order valence-corrected chi connectivity index (χ0v) is 14.5. The molecule has 0 saturated heterocycles. The summed E-state index contributed by atoms with van der Waals surface area (Å²) in [4.78, 5) is 18.5. The number of carbonyl (C=O) groups is 1. The van der Waals surface area contributed by atoms with Gasteiger partial charge in [-0.1, -0.05) is 6.07 Å². The molecule has 6 heteroatoms. The van der Waals surface area contributed by atoms with E-state index in [9.17, 15) is 9.18 Å². The van der Waals surface area contributed by atoms with Gasteiger partial charge in [-0.2, -0.15) is 0 Å². The van der Waals surface area contributed by atoms with E-state index in [1.54, 1.807) is 24.4 Å². The highest BCUT2D eigenvalue weighted by Crippen LogP contribution is 2.19. The maximum atomic E-state index is 13.3. The number of aromatic nitrogens is 1. The summed E-state index contributed by atoms with van der Waals surface area (Å²) in [5.41, 5.74) is 3.34. The average molecular weight is 350 g/mol. The lowest BCUT2D eigenvalue weighted by atomic mass is 10.2. The van der Waals surface area contributed by atoms with Gasteiger partial charge in [-0.3, -0.25) is 9.78 Å². The molecule has 1 aromatic heterocycles. The van der Waals surface area contributed by atoms with E-state index in [-0.39, 0.29) is 11.7 Å². The van der Waals surface area contributed by atoms with Crippen LogP contribution in [0.15, 0.2) is 67.0 Å². The van der Waals surface area contributed by atoms with Crippen LogP contribution in [-0.2, 0) is 0 Å². The number of hydrogen-bond acceptors (Lipinski definition) is 4. The maximum absolute atomic E-state index is 13.3. The van der Waals surface area contributed by atoms with Crippen LogP contribution in [0.2, 0.25) is 0 Å². The largest absolute Gasteiger partial charge is 0.378 e. The smallest absolute Gasteiger partial charge is 0.257 e. The summed E-state index contributed by atoms with van der Waals surface area (Å²) in [6.45, 7) is 0. The summed E-state index contributed by atoms with van der Waals surface area (Å²) in [7, 11) is 3.91. The van der Waals surface area contributed by atoms with E-state index < -0.39 is 0 Å². The monoisotopic (exact) mass is 350 g/mol. The van der Waals surface area contributed by atoms with Crippen LogP contribution in [0.25, 0.3) is 0 Å². The Bertz CT molecular complexity index is 910. The molecule has 0 aliphatic carbocycles. The van der Waals surface area contributed by atoms with Crippen molar-refractivity contribution in [2.75, 3.05) is 29.6 Å². The lowest BCUT2D eigenvalue weighted by Crippen LogP contribution is -2.13. The van der Waals surface area contributed by atoms with Crippen molar-refractivity contribution >= 4 is 28.7 Å². The van der Waals surface area contributed by atoms with Gasteiger partial charge in [0.1, 0.15) is 5.82 Å². The van der Waals surface area contributed by atoms with Crippen molar-refractivity contribution in [1.29, 1.82) is 0 Å². The maximum Gasteiger partial charge on any atom is 0.257 e. The minimum atomic E-state index is -0.335. The number of nitrogens with zero attached hydrogens (tertiary/aromatic N) is 2. The molecule has 0 aliphatic heterocycles. The fourth-order valence-electron chi connectivity index (χ4n) is 2.41. The van der Waals surface area contributed by atoms with Crippen molar-refractivity contribution < 1.29 is 9.18 Å². The Balaban J connectivity index is 1.71. The van der Waals surface area contributed by atoms with Crippen LogP contribution in [0.1, 0.15) is 10.4 Å². The van der Waals surface area contributed by atoms with E-state index >= 15 is 0 Å². The van der Waals surface area contributed by atoms with Gasteiger partial charge in [-0.25, -0.2) is 4.39 Å². The van der Waals surface area contributed by atoms with Crippen molar-refractivity contribution in [3.63, 3.8) is 0 Å². The molecule has 0 saturated carbocycles. The molecule has 3 rings (SSSR count). The number of anilines is 4. The second kappa shape index (κ2) is 7.65. The van der Waals surface area contributed by atoms with Gasteiger partial charge in [0.25, 0.3) is 5.91 Å². The zero-order chi connectivity index (χ0) is 18.5. The molecule has 0 unspecified atom stereocenters. The SMILES string of the molecule is CN(C)c1ccc(NC(=O)c2cncc(Nc3cccc(F)c3)c2)cc1. The first-order valence-corrected chi connectivity index (χ1v) is 8.07. The molecule has 3 aromatic rings. The molecule has 132 valence electrons. The van der Waals surface area contributed by atoms with Crippen molar-refractivity contribution in [2.45, 2.75) is 0 Å². The Morgan fingerprint density at radius 2 is 1.73 bits per heavy atom. The highest BCUT2D eigenvalue weighted by molar-refractivity contribution is 6.04. The van der Waals surface area contributed by atoms with Crippen molar-refractivity contribution in [3.05, 3.63) is 78.4 Å². The first-order chi connectivity index (χ1) is 12.5. The Morgan fingerprint density at radius 1 is 0.962 bits per heavy atom. The van der Waals surface area contributed by atoms with Gasteiger partial charge in [0.2, 0.25) is 0 Å². The van der Waals surface area contributed by atoms with Crippen LogP contribution in [0.4, 0.5) is 27.1 Å². The molecule has 0 aliphatic rings. The van der Waals surface area contributed by atoms with Gasteiger partial charge in [0, 0.05) is 37.4 Å². The van der Waals surface area contributed by atoms with Gasteiger partial charge in [-0.05, 0) is 48.5 Å². The highest BCUT2D eigenvalue weighted by Gasteiger charge is 2.08. The number of carbonyl (C=O) groups excluding carboxylic acids is 1. The fraction of sp³-hybridized carbons (Fsp3) is 0.100. The Hall–Kier alpha value is -3.41. The highest BCUT2D eigenvalue weighted by atomic mass is 19.1. The van der Waals surface area contributed by atoms with E-state index in [1.165, 1.54) is 18.3 Å². The van der Waals surface area contributed by atoms with Crippen LogP contribution in [0, 0.1) is 5.82 Å². The first-order valence-electron chi connectivity index (χ1n) is 8.07. The number of benzene rings is 2. The molecule has 0 bridgehead atoms. The minimum absolute atomic E-state index is 0.266. The van der Waals surface area contributed by atoms with Crippen LogP contribution >= 0.6 is 0 Å². The van der Waals surface area contributed by atoms with Crippen LogP contribution in [0.5, 0.6) is 0 Å². The Kier molecular flexibility index (Phi) is 5.12. The van der Waals surface area contributed by atoms with Crippen LogP contribution in [-0.4, -0.2) is 25.0 Å². The van der Waals surface area contributed by atoms with Crippen LogP contribution < -0.4 is 15.5 Å². The van der Waals surface area contributed by atoms with E-state index in [0.29, 0.717) is 22.6 Å². The normalized spacial score (nSPS) is 10.3. The number of nitrogens with one attached hydrogen (secondary N) is 2. The molecular formula is C20H19FN4O. The molecule has 0 spiro atoms. The third-order valence-corrected chi connectivity index (χ3v) is 3.76. The summed E-state index contributed by atoms with van der Waals surface area (Å²) in [6, 6.07) is 15.3. The summed E-state index contributed by atoms with van der Waals surface area (Å²) in [5, 5.41) is 5.88. The Morgan fingerprint density at radius 3 is 2.42 bits per heavy atom. The summed E-state index contributed by atoms with van der Waals surface area (Å²) < 4.78 is 13.3. The molecule has 1 amide bonds. The predicted molar refractivity (Wildman–Crippen MR) is 103 cm³/mol. The standard InChI is InChI=1S/C20H19FN4O/c1-25(2)19-8-6-16(7-9-19)24-20(26)14-10-18(13-22-12-14)23-17-5-3-4-15(21)11-17/h3-13,23H,1-2H3,(H,24,26). The number of pyridine rings is 1. The van der Waals surface area contributed by atoms with E-state index in [0.717, 1.165) is 5.69 Å². The summed E-state index contributed by atoms with van der Waals surface area (Å²) in [5.74, 6) is -0.601. The first kappa shape index (κ1) is 17.4. The molecular weight excluding hydrogens is 331 g/mol. The van der Waals surface area contributed by atoms with Crippen molar-refractivity contribution in [1.82, 2.24) is 4.98 Å². The topological polar surface area (TPSA) is 57.3 Å². The lowest BCUT2D eigenvalue weighted by molar-refractivity contribution is 0.102. The third kappa shape index (κ3) is 4.36. The Labute approximate surface area is 151 Å². The molecule has 0 radical (unpaired) electrons. The van der Waals surface area contributed by atoms with E-state index in [1.807, 2.05) is 43.3 Å². The second-order valence-corrected chi connectivity index (χ2v) is 5.99. The molecule has 0 atom stereocenters. The van der Waals surface area contributed by atoms with E-state index in [2.05, 4.69) is 15.6 Å². The molecule has 5 nitrogen and oxygen atoms in total. The van der Waals surface area contributed by atoms with Crippen molar-refractivity contribution in [3.8, 4) is 0 Å². The quantitative estimate of drug-likeness (QED) is 0.721. The lowest BCUT2D eigenvalue weighted by Gasteiger charge is -2.13. The van der Waals surface area contributed by atoms with Crippen molar-refractivity contribution in [2.24, 2.45) is 0 Å². The van der Waals surface area contributed by atoms with Gasteiger partial charge in [0.15, 0.2) is 0 Å². The van der Waals surface area contributed by atoms with Gasteiger partial charge < -0.3 is 15.5 Å². The number of rotatable bonds is 5. The number of hydrogen-bond donors (Lipinski definition) is 2. The zero-order valence-electron chi connectivity index (χ0n) is 14.5. The molecule has 0 fully saturated rings. The summed E-state index contributed by atoms with van der Waals surface area (Å²) in [6.07, 6.45) is 3.06. The number of amides is 1. The molecule has 2 N–H and O–H groups in total. The van der Waals surface area contributed by atoms with Gasteiger partial charge >= 0.3 is 0 Å². The fourth-order valence-corrected chi connectivity index (χ4v) is 2.41. The van der Waals surface area contributed by atoms with Gasteiger partial charge in [0.05, 0.1) is 17.4 Å². The molecule has 26 heavy (non-hydrogen) atoms. The summed E-state index contributed by atoms with van der Waals surface area (Å²) >= 11 is 0. The van der Waals surface area contributed by atoms with Crippen LogP contribution in [0.3, 0.4) is 0 Å². The second-order valence-electron chi connectivity index (χ2n) is 5.99. The third-order valence-electron chi connectivity index (χ3n) is 3.76.